The molecule has 0 unspecified atom stereocenters. The van der Waals surface area contributed by atoms with Crippen LogP contribution >= 0.6 is 15.9 Å². The molecule has 1 aliphatic rings. The van der Waals surface area contributed by atoms with E-state index in [1.165, 1.54) is 10.1 Å². The highest BCUT2D eigenvalue weighted by molar-refractivity contribution is 9.10. The minimum absolute atomic E-state index is 0.138. The number of fused-ring (bicyclic) bond motifs is 1. The van der Waals surface area contributed by atoms with Crippen molar-refractivity contribution in [3.63, 3.8) is 0 Å². The Hall–Kier alpha value is -1.68. The van der Waals surface area contributed by atoms with E-state index < -0.39 is 0 Å². The van der Waals surface area contributed by atoms with Crippen molar-refractivity contribution in [3.05, 3.63) is 51.5 Å². The molecule has 1 aliphatic carbocycles. The number of allylic oxidation sites excluding steroid dienone is 2. The Balaban J connectivity index is 2.16. The summed E-state index contributed by atoms with van der Waals surface area (Å²) in [6.07, 6.45) is 3.45. The SMILES string of the molecule is CC1=CCc2c(c(O)n(-c3ccc(Br)cc3)c2O)C1. The van der Waals surface area contributed by atoms with Crippen LogP contribution in [0.1, 0.15) is 18.1 Å². The summed E-state index contributed by atoms with van der Waals surface area (Å²) in [7, 11) is 0. The van der Waals surface area contributed by atoms with Crippen LogP contribution in [0.25, 0.3) is 5.69 Å². The minimum atomic E-state index is 0.138. The van der Waals surface area contributed by atoms with Crippen molar-refractivity contribution in [1.29, 1.82) is 0 Å². The number of nitrogens with zero attached hydrogens (tertiary/aromatic N) is 1. The lowest BCUT2D eigenvalue weighted by atomic mass is 9.96. The Labute approximate surface area is 119 Å². The zero-order valence-electron chi connectivity index (χ0n) is 10.5. The van der Waals surface area contributed by atoms with Crippen LogP contribution in [-0.4, -0.2) is 14.8 Å². The molecule has 0 fully saturated rings. The van der Waals surface area contributed by atoms with Crippen molar-refractivity contribution in [2.45, 2.75) is 19.8 Å². The Morgan fingerprint density at radius 1 is 1.05 bits per heavy atom. The summed E-state index contributed by atoms with van der Waals surface area (Å²) >= 11 is 3.38. The van der Waals surface area contributed by atoms with Crippen molar-refractivity contribution < 1.29 is 10.2 Å². The second kappa shape index (κ2) is 4.46. The summed E-state index contributed by atoms with van der Waals surface area (Å²) < 4.78 is 2.47. The van der Waals surface area contributed by atoms with Crippen LogP contribution in [0.4, 0.5) is 0 Å². The van der Waals surface area contributed by atoms with E-state index in [2.05, 4.69) is 22.0 Å². The summed E-state index contributed by atoms with van der Waals surface area (Å²) in [4.78, 5) is 0. The smallest absolute Gasteiger partial charge is 0.202 e. The molecule has 0 atom stereocenters. The largest absolute Gasteiger partial charge is 0.494 e. The molecule has 1 heterocycles. The predicted molar refractivity (Wildman–Crippen MR) is 78.0 cm³/mol. The third kappa shape index (κ3) is 1.96. The van der Waals surface area contributed by atoms with Gasteiger partial charge >= 0.3 is 0 Å². The molecule has 0 spiro atoms. The molecule has 3 rings (SSSR count). The average molecular weight is 320 g/mol. The van der Waals surface area contributed by atoms with Crippen LogP contribution in [0, 0.1) is 0 Å². The van der Waals surface area contributed by atoms with Gasteiger partial charge in [-0.25, -0.2) is 0 Å². The van der Waals surface area contributed by atoms with Gasteiger partial charge in [0.05, 0.1) is 5.69 Å². The van der Waals surface area contributed by atoms with E-state index in [0.717, 1.165) is 21.3 Å². The number of hydrogen-bond donors (Lipinski definition) is 2. The van der Waals surface area contributed by atoms with Gasteiger partial charge in [0.1, 0.15) is 0 Å². The highest BCUT2D eigenvalue weighted by Gasteiger charge is 2.24. The van der Waals surface area contributed by atoms with E-state index in [1.54, 1.807) is 0 Å². The lowest BCUT2D eigenvalue weighted by Gasteiger charge is -2.09. The fourth-order valence-corrected chi connectivity index (χ4v) is 2.77. The lowest BCUT2D eigenvalue weighted by molar-refractivity contribution is 0.400. The first-order valence-corrected chi connectivity index (χ1v) is 6.93. The van der Waals surface area contributed by atoms with Gasteiger partial charge in [-0.1, -0.05) is 27.6 Å². The Morgan fingerprint density at radius 3 is 2.37 bits per heavy atom. The third-order valence-corrected chi connectivity index (χ3v) is 4.05. The molecule has 0 bridgehead atoms. The number of aromatic nitrogens is 1. The molecule has 98 valence electrons. The van der Waals surface area contributed by atoms with Crippen molar-refractivity contribution >= 4 is 15.9 Å². The van der Waals surface area contributed by atoms with Gasteiger partial charge in [0.15, 0.2) is 0 Å². The number of halogens is 1. The maximum Gasteiger partial charge on any atom is 0.202 e. The van der Waals surface area contributed by atoms with Crippen LogP contribution < -0.4 is 0 Å². The zero-order chi connectivity index (χ0) is 13.6. The number of hydrogen-bond acceptors (Lipinski definition) is 2. The molecule has 0 aliphatic heterocycles. The second-order valence-corrected chi connectivity index (χ2v) is 5.76. The van der Waals surface area contributed by atoms with E-state index in [1.807, 2.05) is 31.2 Å². The fraction of sp³-hybridized carbons (Fsp3) is 0.200. The summed E-state index contributed by atoms with van der Waals surface area (Å²) in [5, 5.41) is 20.7. The van der Waals surface area contributed by atoms with Gasteiger partial charge < -0.3 is 10.2 Å². The van der Waals surface area contributed by atoms with Gasteiger partial charge in [0, 0.05) is 15.6 Å². The van der Waals surface area contributed by atoms with Gasteiger partial charge in [-0.05, 0) is 44.0 Å². The van der Waals surface area contributed by atoms with Gasteiger partial charge in [-0.15, -0.1) is 0 Å². The van der Waals surface area contributed by atoms with Crippen molar-refractivity contribution in [3.8, 4) is 17.4 Å². The molecule has 0 radical (unpaired) electrons. The molecule has 2 N–H and O–H groups in total. The van der Waals surface area contributed by atoms with Gasteiger partial charge in [0.25, 0.3) is 0 Å². The Kier molecular flexibility index (Phi) is 2.90. The topological polar surface area (TPSA) is 45.4 Å². The van der Waals surface area contributed by atoms with Crippen molar-refractivity contribution in [2.75, 3.05) is 0 Å². The van der Waals surface area contributed by atoms with Crippen LogP contribution in [-0.2, 0) is 12.8 Å². The highest BCUT2D eigenvalue weighted by atomic mass is 79.9. The fourth-order valence-electron chi connectivity index (χ4n) is 2.50. The molecule has 4 heteroatoms. The Morgan fingerprint density at radius 2 is 1.68 bits per heavy atom. The van der Waals surface area contributed by atoms with Crippen LogP contribution in [0.15, 0.2) is 40.4 Å². The monoisotopic (exact) mass is 319 g/mol. The summed E-state index contributed by atoms with van der Waals surface area (Å²) in [5.74, 6) is 0.279. The summed E-state index contributed by atoms with van der Waals surface area (Å²) in [5.41, 5.74) is 3.63. The first kappa shape index (κ1) is 12.4. The molecule has 0 saturated heterocycles. The number of aromatic hydroxyl groups is 2. The van der Waals surface area contributed by atoms with E-state index in [9.17, 15) is 10.2 Å². The molecule has 0 saturated carbocycles. The number of benzene rings is 1. The summed E-state index contributed by atoms with van der Waals surface area (Å²) in [6, 6.07) is 7.48. The van der Waals surface area contributed by atoms with Crippen LogP contribution in [0.3, 0.4) is 0 Å². The molecular formula is C15H14BrNO2. The maximum atomic E-state index is 10.4. The molecule has 2 aromatic rings. The van der Waals surface area contributed by atoms with E-state index in [0.29, 0.717) is 12.8 Å². The molecule has 0 amide bonds. The van der Waals surface area contributed by atoms with Gasteiger partial charge in [-0.3, -0.25) is 4.57 Å². The van der Waals surface area contributed by atoms with Gasteiger partial charge in [0.2, 0.25) is 11.8 Å². The van der Waals surface area contributed by atoms with Crippen LogP contribution in [0.5, 0.6) is 11.8 Å². The quantitative estimate of drug-likeness (QED) is 0.787. The molecule has 1 aromatic carbocycles. The lowest BCUT2D eigenvalue weighted by Crippen LogP contribution is -1.97. The Bertz CT molecular complexity index is 668. The van der Waals surface area contributed by atoms with E-state index >= 15 is 0 Å². The minimum Gasteiger partial charge on any atom is -0.494 e. The zero-order valence-corrected chi connectivity index (χ0v) is 12.1. The molecular weight excluding hydrogens is 306 g/mol. The maximum absolute atomic E-state index is 10.4. The standard InChI is InChI=1S/C15H14BrNO2/c1-9-2-7-12-13(8-9)15(19)17(14(12)18)11-5-3-10(16)4-6-11/h2-6,18-19H,7-8H2,1H3. The normalized spacial score (nSPS) is 14.1. The van der Waals surface area contributed by atoms with Gasteiger partial charge in [-0.2, -0.15) is 0 Å². The van der Waals surface area contributed by atoms with Crippen molar-refractivity contribution in [1.82, 2.24) is 4.57 Å². The number of rotatable bonds is 1. The highest BCUT2D eigenvalue weighted by Crippen LogP contribution is 2.40. The average Bonchev–Trinajstić information content (AvgIpc) is 2.63. The second-order valence-electron chi connectivity index (χ2n) is 4.85. The first-order chi connectivity index (χ1) is 9.08. The molecule has 1 aromatic heterocycles. The van der Waals surface area contributed by atoms with Crippen molar-refractivity contribution in [2.24, 2.45) is 0 Å². The first-order valence-electron chi connectivity index (χ1n) is 6.14. The van der Waals surface area contributed by atoms with E-state index in [4.69, 9.17) is 0 Å². The van der Waals surface area contributed by atoms with E-state index in [-0.39, 0.29) is 11.8 Å². The van der Waals surface area contributed by atoms with Crippen LogP contribution in [0.2, 0.25) is 0 Å². The molecule has 19 heavy (non-hydrogen) atoms. The molecule has 3 nitrogen and oxygen atoms in total. The summed E-state index contributed by atoms with van der Waals surface area (Å²) in [6.45, 7) is 2.04. The predicted octanol–water partition coefficient (Wildman–Crippen LogP) is 3.70. The third-order valence-electron chi connectivity index (χ3n) is 3.52.